The van der Waals surface area contributed by atoms with Crippen LogP contribution in [-0.2, 0) is 4.74 Å². The Morgan fingerprint density at radius 3 is 2.94 bits per heavy atom. The predicted molar refractivity (Wildman–Crippen MR) is 63.7 cm³/mol. The molecule has 1 N–H and O–H groups in total. The predicted octanol–water partition coefficient (Wildman–Crippen LogP) is 2.36. The molecule has 1 saturated carbocycles. The van der Waals surface area contributed by atoms with E-state index in [0.29, 0.717) is 10.6 Å². The lowest BCUT2D eigenvalue weighted by Crippen LogP contribution is -2.17. The van der Waals surface area contributed by atoms with E-state index in [1.54, 1.807) is 13.3 Å². The fourth-order valence-corrected chi connectivity index (χ4v) is 1.86. The van der Waals surface area contributed by atoms with E-state index < -0.39 is 0 Å². The van der Waals surface area contributed by atoms with Gasteiger partial charge in [-0.05, 0) is 24.7 Å². The van der Waals surface area contributed by atoms with Gasteiger partial charge in [-0.25, -0.2) is 4.98 Å². The van der Waals surface area contributed by atoms with Crippen molar-refractivity contribution in [3.05, 3.63) is 17.5 Å². The number of halogens is 1. The monoisotopic (exact) mass is 241 g/mol. The molecule has 88 valence electrons. The SMILES string of the molecule is COCCC1(CNc2cncc(Cl)n2)CC1. The molecule has 0 aromatic carbocycles. The fourth-order valence-electron chi connectivity index (χ4n) is 1.72. The first-order valence-electron chi connectivity index (χ1n) is 5.44. The zero-order valence-electron chi connectivity index (χ0n) is 9.37. The molecule has 0 aliphatic heterocycles. The van der Waals surface area contributed by atoms with E-state index in [4.69, 9.17) is 16.3 Å². The van der Waals surface area contributed by atoms with Crippen molar-refractivity contribution in [1.82, 2.24) is 9.97 Å². The molecule has 0 saturated heterocycles. The van der Waals surface area contributed by atoms with Crippen molar-refractivity contribution in [2.24, 2.45) is 5.41 Å². The lowest BCUT2D eigenvalue weighted by Gasteiger charge is -2.15. The van der Waals surface area contributed by atoms with E-state index in [1.165, 1.54) is 19.0 Å². The summed E-state index contributed by atoms with van der Waals surface area (Å²) >= 11 is 5.76. The Labute approximate surface area is 100 Å². The molecule has 0 spiro atoms. The van der Waals surface area contributed by atoms with Gasteiger partial charge in [-0.15, -0.1) is 0 Å². The van der Waals surface area contributed by atoms with Crippen LogP contribution in [0.1, 0.15) is 19.3 Å². The minimum absolute atomic E-state index is 0.403. The molecule has 16 heavy (non-hydrogen) atoms. The number of hydrogen-bond donors (Lipinski definition) is 1. The zero-order chi connectivity index (χ0) is 11.4. The highest BCUT2D eigenvalue weighted by Gasteiger charge is 2.41. The molecule has 2 rings (SSSR count). The summed E-state index contributed by atoms with van der Waals surface area (Å²) in [6.45, 7) is 1.74. The third kappa shape index (κ3) is 3.06. The summed E-state index contributed by atoms with van der Waals surface area (Å²) in [5.74, 6) is 0.746. The van der Waals surface area contributed by atoms with Crippen molar-refractivity contribution < 1.29 is 4.74 Å². The van der Waals surface area contributed by atoms with E-state index >= 15 is 0 Å². The van der Waals surface area contributed by atoms with Gasteiger partial charge in [-0.1, -0.05) is 11.6 Å². The molecular formula is C11H16ClN3O. The maximum atomic E-state index is 5.76. The Morgan fingerprint density at radius 1 is 1.50 bits per heavy atom. The summed E-state index contributed by atoms with van der Waals surface area (Å²) in [4.78, 5) is 8.13. The Bertz CT molecular complexity index is 355. The molecular weight excluding hydrogens is 226 g/mol. The van der Waals surface area contributed by atoms with Crippen molar-refractivity contribution in [2.75, 3.05) is 25.6 Å². The highest BCUT2D eigenvalue weighted by molar-refractivity contribution is 6.29. The Kier molecular flexibility index (Phi) is 3.61. The van der Waals surface area contributed by atoms with Gasteiger partial charge in [0.05, 0.1) is 12.4 Å². The smallest absolute Gasteiger partial charge is 0.149 e. The summed E-state index contributed by atoms with van der Waals surface area (Å²) in [6, 6.07) is 0. The number of methoxy groups -OCH3 is 1. The second-order valence-corrected chi connectivity index (χ2v) is 4.71. The molecule has 1 aromatic heterocycles. The van der Waals surface area contributed by atoms with Crippen LogP contribution in [0.15, 0.2) is 12.4 Å². The summed E-state index contributed by atoms with van der Waals surface area (Å²) in [7, 11) is 1.74. The van der Waals surface area contributed by atoms with E-state index in [9.17, 15) is 0 Å². The van der Waals surface area contributed by atoms with Crippen LogP contribution >= 0.6 is 11.6 Å². The van der Waals surface area contributed by atoms with Gasteiger partial charge < -0.3 is 10.1 Å². The molecule has 1 aliphatic rings. The molecule has 1 aliphatic carbocycles. The first-order valence-corrected chi connectivity index (χ1v) is 5.82. The molecule has 0 unspecified atom stereocenters. The number of anilines is 1. The van der Waals surface area contributed by atoms with Crippen molar-refractivity contribution in [3.63, 3.8) is 0 Å². The van der Waals surface area contributed by atoms with Crippen LogP contribution in [-0.4, -0.2) is 30.2 Å². The van der Waals surface area contributed by atoms with Crippen LogP contribution < -0.4 is 5.32 Å². The molecule has 0 bridgehead atoms. The van der Waals surface area contributed by atoms with Crippen molar-refractivity contribution in [3.8, 4) is 0 Å². The van der Waals surface area contributed by atoms with Gasteiger partial charge >= 0.3 is 0 Å². The number of rotatable bonds is 6. The maximum absolute atomic E-state index is 5.76. The van der Waals surface area contributed by atoms with Gasteiger partial charge in [0, 0.05) is 20.3 Å². The van der Waals surface area contributed by atoms with Crippen LogP contribution in [0.3, 0.4) is 0 Å². The minimum Gasteiger partial charge on any atom is -0.385 e. The van der Waals surface area contributed by atoms with Gasteiger partial charge in [0.15, 0.2) is 0 Å². The lowest BCUT2D eigenvalue weighted by molar-refractivity contribution is 0.175. The highest BCUT2D eigenvalue weighted by atomic mass is 35.5. The number of nitrogens with zero attached hydrogens (tertiary/aromatic N) is 2. The standard InChI is InChI=1S/C11H16ClN3O/c1-16-5-4-11(2-3-11)8-14-10-7-13-6-9(12)15-10/h6-7H,2-5,8H2,1H3,(H,14,15). The van der Waals surface area contributed by atoms with Crippen molar-refractivity contribution in [1.29, 1.82) is 0 Å². The third-order valence-electron chi connectivity index (χ3n) is 3.04. The fraction of sp³-hybridized carbons (Fsp3) is 0.636. The van der Waals surface area contributed by atoms with E-state index in [0.717, 1.165) is 25.4 Å². The quantitative estimate of drug-likeness (QED) is 0.831. The van der Waals surface area contributed by atoms with Crippen LogP contribution in [0.2, 0.25) is 5.15 Å². The zero-order valence-corrected chi connectivity index (χ0v) is 10.1. The lowest BCUT2D eigenvalue weighted by atomic mass is 10.0. The molecule has 1 fully saturated rings. The number of ether oxygens (including phenoxy) is 1. The first-order chi connectivity index (χ1) is 7.74. The van der Waals surface area contributed by atoms with Gasteiger partial charge in [0.1, 0.15) is 11.0 Å². The van der Waals surface area contributed by atoms with E-state index in [1.807, 2.05) is 0 Å². The molecule has 4 nitrogen and oxygen atoms in total. The van der Waals surface area contributed by atoms with Gasteiger partial charge in [-0.2, -0.15) is 0 Å². The normalized spacial score (nSPS) is 17.1. The summed E-state index contributed by atoms with van der Waals surface area (Å²) < 4.78 is 5.11. The second-order valence-electron chi connectivity index (χ2n) is 4.32. The third-order valence-corrected chi connectivity index (χ3v) is 3.23. The minimum atomic E-state index is 0.403. The van der Waals surface area contributed by atoms with Crippen molar-refractivity contribution >= 4 is 17.4 Å². The van der Waals surface area contributed by atoms with Crippen molar-refractivity contribution in [2.45, 2.75) is 19.3 Å². The molecule has 0 atom stereocenters. The van der Waals surface area contributed by atoms with Gasteiger partial charge in [0.2, 0.25) is 0 Å². The van der Waals surface area contributed by atoms with Crippen LogP contribution in [0, 0.1) is 5.41 Å². The van der Waals surface area contributed by atoms with Gasteiger partial charge in [0.25, 0.3) is 0 Å². The average molecular weight is 242 g/mol. The number of nitrogens with one attached hydrogen (secondary N) is 1. The second kappa shape index (κ2) is 4.97. The van der Waals surface area contributed by atoms with E-state index in [2.05, 4.69) is 15.3 Å². The summed E-state index contributed by atoms with van der Waals surface area (Å²) in [5, 5.41) is 3.71. The molecule has 0 radical (unpaired) electrons. The van der Waals surface area contributed by atoms with Crippen LogP contribution in [0.25, 0.3) is 0 Å². The van der Waals surface area contributed by atoms with Crippen LogP contribution in [0.5, 0.6) is 0 Å². The Hall–Kier alpha value is -0.870. The Balaban J connectivity index is 1.83. The first kappa shape index (κ1) is 11.6. The maximum Gasteiger partial charge on any atom is 0.149 e. The number of hydrogen-bond acceptors (Lipinski definition) is 4. The topological polar surface area (TPSA) is 47.0 Å². The number of aromatic nitrogens is 2. The van der Waals surface area contributed by atoms with E-state index in [-0.39, 0.29) is 0 Å². The highest BCUT2D eigenvalue weighted by Crippen LogP contribution is 2.48. The molecule has 1 heterocycles. The average Bonchev–Trinajstić information content (AvgIpc) is 3.05. The summed E-state index contributed by atoms with van der Waals surface area (Å²) in [6.07, 6.45) is 6.85. The molecule has 5 heteroatoms. The summed E-state index contributed by atoms with van der Waals surface area (Å²) in [5.41, 5.74) is 0.403. The largest absolute Gasteiger partial charge is 0.385 e. The molecule has 0 amide bonds. The van der Waals surface area contributed by atoms with Crippen LogP contribution in [0.4, 0.5) is 5.82 Å². The van der Waals surface area contributed by atoms with Gasteiger partial charge in [-0.3, -0.25) is 4.98 Å². The molecule has 1 aromatic rings. The Morgan fingerprint density at radius 2 is 2.31 bits per heavy atom.